The molecule has 0 N–H and O–H groups in total. The van der Waals surface area contributed by atoms with Gasteiger partial charge in [-0.2, -0.15) is 0 Å². The van der Waals surface area contributed by atoms with Gasteiger partial charge in [0.1, 0.15) is 0 Å². The monoisotopic (exact) mass is 82.1 g/mol. The van der Waals surface area contributed by atoms with Crippen molar-refractivity contribution in [2.45, 2.75) is 20.3 Å². The van der Waals surface area contributed by atoms with Crippen molar-refractivity contribution in [3.05, 3.63) is 11.6 Å². The van der Waals surface area contributed by atoms with Gasteiger partial charge in [0.05, 0.1) is 0 Å². The number of rotatable bonds is 0. The predicted molar refractivity (Wildman–Crippen MR) is 27.5 cm³/mol. The van der Waals surface area contributed by atoms with Crippen LogP contribution in [0.3, 0.4) is 0 Å². The van der Waals surface area contributed by atoms with Crippen molar-refractivity contribution >= 4 is 0 Å². The highest BCUT2D eigenvalue weighted by Gasteiger charge is 2.07. The third-order valence-corrected chi connectivity index (χ3v) is 1.21. The summed E-state index contributed by atoms with van der Waals surface area (Å²) in [6.45, 7) is 4.42. The van der Waals surface area contributed by atoms with E-state index < -0.39 is 0 Å². The molecule has 1 aliphatic carbocycles. The van der Waals surface area contributed by atoms with Crippen molar-refractivity contribution in [3.63, 3.8) is 0 Å². The van der Waals surface area contributed by atoms with Gasteiger partial charge >= 0.3 is 0 Å². The van der Waals surface area contributed by atoms with Crippen LogP contribution in [0.25, 0.3) is 0 Å². The molecular weight excluding hydrogens is 72.1 g/mol. The van der Waals surface area contributed by atoms with E-state index in [1.165, 1.54) is 6.42 Å². The molecule has 0 aromatic rings. The maximum atomic E-state index is 2.31. The maximum absolute atomic E-state index is 2.31. The Hall–Kier alpha value is -0.260. The average molecular weight is 82.1 g/mol. The van der Waals surface area contributed by atoms with Crippen LogP contribution < -0.4 is 0 Å². The maximum Gasteiger partial charge on any atom is -0.0222 e. The van der Waals surface area contributed by atoms with Crippen molar-refractivity contribution in [1.29, 1.82) is 0 Å². The van der Waals surface area contributed by atoms with Crippen LogP contribution in [-0.4, -0.2) is 0 Å². The second kappa shape index (κ2) is 1.11. The van der Waals surface area contributed by atoms with E-state index in [9.17, 15) is 0 Å². The Bertz CT molecular complexity index is 80.0. The zero-order valence-corrected chi connectivity index (χ0v) is 4.36. The molecule has 0 aliphatic heterocycles. The average Bonchev–Trinajstić information content (AvgIpc) is 1.33. The molecular formula is C6H10. The van der Waals surface area contributed by atoms with Crippen molar-refractivity contribution in [1.82, 2.24) is 0 Å². The molecule has 0 saturated carbocycles. The summed E-state index contributed by atoms with van der Waals surface area (Å²) in [7, 11) is 0. The molecule has 0 unspecified atom stereocenters. The minimum Gasteiger partial charge on any atom is -0.0824 e. The highest BCUT2D eigenvalue weighted by atomic mass is 14.1. The lowest BCUT2D eigenvalue weighted by atomic mass is 9.90. The van der Waals surface area contributed by atoms with Gasteiger partial charge in [-0.05, 0) is 19.3 Å². The van der Waals surface area contributed by atoms with E-state index in [1.807, 2.05) is 0 Å². The first-order chi connectivity index (χ1) is 2.79. The Labute approximate surface area is 38.9 Å². The highest BCUT2D eigenvalue weighted by Crippen LogP contribution is 2.23. The van der Waals surface area contributed by atoms with Crippen LogP contribution in [0.5, 0.6) is 0 Å². The summed E-state index contributed by atoms with van der Waals surface area (Å²) >= 11 is 0. The van der Waals surface area contributed by atoms with Gasteiger partial charge < -0.3 is 0 Å². The quantitative estimate of drug-likeness (QED) is 0.392. The Morgan fingerprint density at radius 3 is 2.33 bits per heavy atom. The molecule has 1 rings (SSSR count). The Morgan fingerprint density at radius 1 is 1.83 bits per heavy atom. The van der Waals surface area contributed by atoms with Gasteiger partial charge in [0.25, 0.3) is 0 Å². The van der Waals surface area contributed by atoms with E-state index in [4.69, 9.17) is 0 Å². The van der Waals surface area contributed by atoms with Crippen LogP contribution in [-0.2, 0) is 0 Å². The molecule has 34 valence electrons. The first-order valence-corrected chi connectivity index (χ1v) is 2.46. The van der Waals surface area contributed by atoms with E-state index in [2.05, 4.69) is 19.9 Å². The van der Waals surface area contributed by atoms with Gasteiger partial charge in [-0.25, -0.2) is 0 Å². The molecule has 0 bridgehead atoms. The SMILES string of the molecule is CC1=C[C@@H](C)C1. The third-order valence-electron chi connectivity index (χ3n) is 1.21. The van der Waals surface area contributed by atoms with E-state index in [0.29, 0.717) is 0 Å². The van der Waals surface area contributed by atoms with Crippen molar-refractivity contribution < 1.29 is 0 Å². The van der Waals surface area contributed by atoms with Crippen molar-refractivity contribution in [2.75, 3.05) is 0 Å². The number of allylic oxidation sites excluding steroid dienone is 2. The zero-order valence-electron chi connectivity index (χ0n) is 4.36. The summed E-state index contributed by atoms with van der Waals surface area (Å²) in [5.41, 5.74) is 1.56. The van der Waals surface area contributed by atoms with Crippen LogP contribution in [0, 0.1) is 5.92 Å². The summed E-state index contributed by atoms with van der Waals surface area (Å²) in [5, 5.41) is 0. The van der Waals surface area contributed by atoms with Gasteiger partial charge in [0.15, 0.2) is 0 Å². The van der Waals surface area contributed by atoms with Crippen molar-refractivity contribution in [2.24, 2.45) is 5.92 Å². The molecule has 0 fully saturated rings. The van der Waals surface area contributed by atoms with Crippen LogP contribution in [0.15, 0.2) is 11.6 Å². The van der Waals surface area contributed by atoms with Crippen molar-refractivity contribution in [3.8, 4) is 0 Å². The molecule has 0 amide bonds. The van der Waals surface area contributed by atoms with E-state index in [0.717, 1.165) is 5.92 Å². The summed E-state index contributed by atoms with van der Waals surface area (Å²) in [5.74, 6) is 0.880. The summed E-state index contributed by atoms with van der Waals surface area (Å²) < 4.78 is 0. The smallest absolute Gasteiger partial charge is 0.0222 e. The zero-order chi connectivity index (χ0) is 4.57. The Balaban J connectivity index is 2.46. The Morgan fingerprint density at radius 2 is 2.33 bits per heavy atom. The van der Waals surface area contributed by atoms with Gasteiger partial charge in [-0.1, -0.05) is 18.6 Å². The molecule has 0 aromatic heterocycles. The second-order valence-corrected chi connectivity index (χ2v) is 2.19. The molecule has 1 atom stereocenters. The molecule has 0 spiro atoms. The molecule has 0 radical (unpaired) electrons. The molecule has 1 aliphatic rings. The van der Waals surface area contributed by atoms with Gasteiger partial charge in [0.2, 0.25) is 0 Å². The highest BCUT2D eigenvalue weighted by molar-refractivity contribution is 5.12. The van der Waals surface area contributed by atoms with Crippen LogP contribution in [0.2, 0.25) is 0 Å². The topological polar surface area (TPSA) is 0 Å². The first-order valence-electron chi connectivity index (χ1n) is 2.46. The Kier molecular flexibility index (Phi) is 0.722. The van der Waals surface area contributed by atoms with Gasteiger partial charge in [-0.3, -0.25) is 0 Å². The van der Waals surface area contributed by atoms with Crippen LogP contribution >= 0.6 is 0 Å². The third kappa shape index (κ3) is 0.469. The van der Waals surface area contributed by atoms with E-state index in [-0.39, 0.29) is 0 Å². The first kappa shape index (κ1) is 3.91. The number of hydrogen-bond acceptors (Lipinski definition) is 0. The molecule has 0 heteroatoms. The molecule has 0 nitrogen and oxygen atoms in total. The molecule has 6 heavy (non-hydrogen) atoms. The summed E-state index contributed by atoms with van der Waals surface area (Å²) in [6.07, 6.45) is 3.64. The minimum atomic E-state index is 0.880. The summed E-state index contributed by atoms with van der Waals surface area (Å²) in [6, 6.07) is 0. The summed E-state index contributed by atoms with van der Waals surface area (Å²) in [4.78, 5) is 0. The fourth-order valence-electron chi connectivity index (χ4n) is 0.960. The predicted octanol–water partition coefficient (Wildman–Crippen LogP) is 1.97. The molecule has 0 heterocycles. The normalized spacial score (nSPS) is 31.7. The van der Waals surface area contributed by atoms with Crippen LogP contribution in [0.4, 0.5) is 0 Å². The standard InChI is InChI=1S/C6H10/c1-5-3-6(2)4-5/h3,5H,4H2,1-2H3/t5-/m1/s1. The molecule has 0 aromatic carbocycles. The lowest BCUT2D eigenvalue weighted by Gasteiger charge is -2.16. The van der Waals surface area contributed by atoms with E-state index in [1.54, 1.807) is 5.57 Å². The van der Waals surface area contributed by atoms with E-state index >= 15 is 0 Å². The largest absolute Gasteiger partial charge is 0.0824 e. The van der Waals surface area contributed by atoms with Gasteiger partial charge in [0, 0.05) is 0 Å². The van der Waals surface area contributed by atoms with Crippen LogP contribution in [0.1, 0.15) is 20.3 Å². The fourth-order valence-corrected chi connectivity index (χ4v) is 0.960. The second-order valence-electron chi connectivity index (χ2n) is 2.19. The van der Waals surface area contributed by atoms with Gasteiger partial charge in [-0.15, -0.1) is 0 Å². The number of hydrogen-bond donors (Lipinski definition) is 0. The molecule has 0 saturated heterocycles. The lowest BCUT2D eigenvalue weighted by molar-refractivity contribution is 0.639. The minimum absolute atomic E-state index is 0.880. The lowest BCUT2D eigenvalue weighted by Crippen LogP contribution is -2.01. The fraction of sp³-hybridized carbons (Fsp3) is 0.667.